The van der Waals surface area contributed by atoms with Gasteiger partial charge in [-0.3, -0.25) is 9.52 Å². The van der Waals surface area contributed by atoms with Crippen molar-refractivity contribution in [1.82, 2.24) is 10.3 Å². The summed E-state index contributed by atoms with van der Waals surface area (Å²) in [6.07, 6.45) is 0.914. The van der Waals surface area contributed by atoms with Crippen molar-refractivity contribution in [3.8, 4) is 0 Å². The van der Waals surface area contributed by atoms with Crippen molar-refractivity contribution in [1.29, 1.82) is 0 Å². The van der Waals surface area contributed by atoms with Gasteiger partial charge in [0, 0.05) is 17.8 Å². The Kier molecular flexibility index (Phi) is 7.36. The van der Waals surface area contributed by atoms with Crippen molar-refractivity contribution in [2.75, 3.05) is 10.0 Å². The van der Waals surface area contributed by atoms with Crippen LogP contribution in [0.3, 0.4) is 0 Å². The van der Waals surface area contributed by atoms with Gasteiger partial charge in [0.25, 0.3) is 10.0 Å². The third-order valence-electron chi connectivity index (χ3n) is 5.09. The summed E-state index contributed by atoms with van der Waals surface area (Å²) in [5.74, 6) is -1.15. The van der Waals surface area contributed by atoms with E-state index in [0.717, 1.165) is 17.8 Å². The summed E-state index contributed by atoms with van der Waals surface area (Å²) < 4.78 is 41.5. The quantitative estimate of drug-likeness (QED) is 0.304. The number of nitrogens with one attached hydrogen (secondary N) is 3. The van der Waals surface area contributed by atoms with E-state index >= 15 is 0 Å². The first-order chi connectivity index (χ1) is 17.3. The van der Waals surface area contributed by atoms with Gasteiger partial charge in [-0.2, -0.15) is 0 Å². The summed E-state index contributed by atoms with van der Waals surface area (Å²) in [5.41, 5.74) is 1.43. The summed E-state index contributed by atoms with van der Waals surface area (Å²) in [6, 6.07) is 22.9. The number of anilines is 2. The molecule has 0 bridgehead atoms. The number of para-hydroxylation sites is 1. The van der Waals surface area contributed by atoms with Crippen molar-refractivity contribution in [2.24, 2.45) is 0 Å². The fraction of sp³-hybridized carbons (Fsp3) is 0.0385. The monoisotopic (exact) mass is 504 g/mol. The molecule has 0 saturated carbocycles. The number of halogens is 1. The molecule has 36 heavy (non-hydrogen) atoms. The molecule has 4 aromatic rings. The van der Waals surface area contributed by atoms with Crippen LogP contribution in [-0.2, 0) is 16.6 Å². The van der Waals surface area contributed by atoms with Gasteiger partial charge in [-0.15, -0.1) is 0 Å². The summed E-state index contributed by atoms with van der Waals surface area (Å²) in [6.45, 7) is 0.342. The Morgan fingerprint density at radius 1 is 0.833 bits per heavy atom. The smallest absolute Gasteiger partial charge is 0.319 e. The minimum atomic E-state index is -4.06. The molecule has 2 amide bonds. The Hall–Kier alpha value is -4.57. The lowest BCUT2D eigenvalue weighted by Crippen LogP contribution is -2.28. The maximum absolute atomic E-state index is 13.2. The van der Waals surface area contributed by atoms with Gasteiger partial charge in [-0.05, 0) is 54.1 Å². The van der Waals surface area contributed by atoms with Gasteiger partial charge in [0.15, 0.2) is 0 Å². The van der Waals surface area contributed by atoms with E-state index in [9.17, 15) is 22.4 Å². The first-order valence-corrected chi connectivity index (χ1v) is 12.3. The first kappa shape index (κ1) is 24.6. The van der Waals surface area contributed by atoms with E-state index in [1.54, 1.807) is 12.1 Å². The van der Waals surface area contributed by atoms with Crippen molar-refractivity contribution in [3.63, 3.8) is 0 Å². The number of sulfonamides is 1. The van der Waals surface area contributed by atoms with Crippen LogP contribution in [0.15, 0.2) is 102 Å². The molecule has 182 valence electrons. The third kappa shape index (κ3) is 6.10. The van der Waals surface area contributed by atoms with Gasteiger partial charge < -0.3 is 10.6 Å². The van der Waals surface area contributed by atoms with Crippen molar-refractivity contribution in [3.05, 3.63) is 120 Å². The van der Waals surface area contributed by atoms with Crippen molar-refractivity contribution in [2.45, 2.75) is 11.4 Å². The van der Waals surface area contributed by atoms with E-state index in [2.05, 4.69) is 20.3 Å². The van der Waals surface area contributed by atoms with Crippen LogP contribution in [0.4, 0.5) is 20.6 Å². The average Bonchev–Trinajstić information content (AvgIpc) is 2.88. The summed E-state index contributed by atoms with van der Waals surface area (Å²) in [5, 5.41) is 5.36. The van der Waals surface area contributed by atoms with Crippen LogP contribution in [0.5, 0.6) is 0 Å². The summed E-state index contributed by atoms with van der Waals surface area (Å²) in [7, 11) is -4.06. The Balaban J connectivity index is 1.44. The lowest BCUT2D eigenvalue weighted by atomic mass is 10.1. The van der Waals surface area contributed by atoms with Crippen molar-refractivity contribution < 1.29 is 22.4 Å². The van der Waals surface area contributed by atoms with Gasteiger partial charge >= 0.3 is 6.03 Å². The maximum atomic E-state index is 13.2. The highest BCUT2D eigenvalue weighted by molar-refractivity contribution is 7.92. The van der Waals surface area contributed by atoms with Gasteiger partial charge in [0.05, 0.1) is 16.8 Å². The van der Waals surface area contributed by atoms with E-state index in [1.165, 1.54) is 42.5 Å². The number of urea groups is 1. The molecule has 0 atom stereocenters. The van der Waals surface area contributed by atoms with E-state index in [4.69, 9.17) is 0 Å². The zero-order valence-electron chi connectivity index (χ0n) is 18.8. The van der Waals surface area contributed by atoms with Crippen molar-refractivity contribution >= 4 is 33.2 Å². The number of aromatic nitrogens is 1. The highest BCUT2D eigenvalue weighted by Crippen LogP contribution is 2.23. The number of rotatable bonds is 8. The predicted octanol–water partition coefficient (Wildman–Crippen LogP) is 4.57. The number of hydrogen-bond donors (Lipinski definition) is 3. The lowest BCUT2D eigenvalue weighted by molar-refractivity contribution is 0.103. The summed E-state index contributed by atoms with van der Waals surface area (Å²) in [4.78, 5) is 28.7. The van der Waals surface area contributed by atoms with Gasteiger partial charge in [0.1, 0.15) is 11.5 Å². The molecule has 0 aliphatic rings. The second kappa shape index (κ2) is 10.8. The number of carbonyl (C=O) groups is 2. The molecule has 0 unspecified atom stereocenters. The molecule has 3 N–H and O–H groups in total. The Morgan fingerprint density at radius 2 is 1.53 bits per heavy atom. The largest absolute Gasteiger partial charge is 0.334 e. The van der Waals surface area contributed by atoms with Crippen LogP contribution < -0.4 is 15.4 Å². The maximum Gasteiger partial charge on any atom is 0.319 e. The highest BCUT2D eigenvalue weighted by atomic mass is 32.2. The molecule has 0 saturated heterocycles. The fourth-order valence-electron chi connectivity index (χ4n) is 3.29. The van der Waals surface area contributed by atoms with Crippen LogP contribution in [0.1, 0.15) is 21.6 Å². The number of carbonyl (C=O) groups excluding carboxylic acids is 2. The lowest BCUT2D eigenvalue weighted by Gasteiger charge is -2.13. The van der Waals surface area contributed by atoms with E-state index in [-0.39, 0.29) is 21.8 Å². The van der Waals surface area contributed by atoms with Gasteiger partial charge in [0.2, 0.25) is 5.78 Å². The first-order valence-electron chi connectivity index (χ1n) is 10.8. The molecule has 4 rings (SSSR count). The third-order valence-corrected chi connectivity index (χ3v) is 6.48. The van der Waals surface area contributed by atoms with Crippen LogP contribution in [0.25, 0.3) is 0 Å². The van der Waals surface area contributed by atoms with Crippen LogP contribution in [-0.4, -0.2) is 25.2 Å². The van der Waals surface area contributed by atoms with E-state index in [0.29, 0.717) is 12.2 Å². The summed E-state index contributed by atoms with van der Waals surface area (Å²) >= 11 is 0. The molecular weight excluding hydrogens is 483 g/mol. The number of nitrogens with zero attached hydrogens (tertiary/aromatic N) is 1. The normalized spacial score (nSPS) is 10.9. The molecule has 0 aliphatic carbocycles. The molecule has 1 heterocycles. The zero-order valence-corrected chi connectivity index (χ0v) is 19.6. The number of benzene rings is 3. The number of ketones is 1. The second-order valence-electron chi connectivity index (χ2n) is 7.66. The molecule has 8 nitrogen and oxygen atoms in total. The molecule has 0 aliphatic heterocycles. The topological polar surface area (TPSA) is 117 Å². The second-order valence-corrected chi connectivity index (χ2v) is 9.34. The number of amides is 2. The standard InChI is InChI=1S/C26H21FN4O4S/c27-19-10-15-24(28-17-19)25(32)22-8-4-5-9-23(22)31-36(34,35)21-13-11-20(12-14-21)30-26(33)29-16-18-6-2-1-3-7-18/h1-15,17,31H,16H2,(H2,29,30,33). The number of hydrogen-bond acceptors (Lipinski definition) is 5. The minimum absolute atomic E-state index is 0.0241. The molecule has 3 aromatic carbocycles. The van der Waals surface area contributed by atoms with E-state index < -0.39 is 27.7 Å². The molecule has 0 fully saturated rings. The molecule has 10 heteroatoms. The Bertz CT molecular complexity index is 1480. The molecule has 1 aromatic heterocycles. The predicted molar refractivity (Wildman–Crippen MR) is 134 cm³/mol. The van der Waals surface area contributed by atoms with Crippen LogP contribution in [0, 0.1) is 5.82 Å². The number of pyridine rings is 1. The molecular formula is C26H21FN4O4S. The van der Waals surface area contributed by atoms with Gasteiger partial charge in [-0.1, -0.05) is 42.5 Å². The Labute approximate surface area is 207 Å². The van der Waals surface area contributed by atoms with E-state index in [1.807, 2.05) is 30.3 Å². The minimum Gasteiger partial charge on any atom is -0.334 e. The SMILES string of the molecule is O=C(NCc1ccccc1)Nc1ccc(S(=O)(=O)Nc2ccccc2C(=O)c2ccc(F)cn2)cc1. The molecule has 0 radical (unpaired) electrons. The highest BCUT2D eigenvalue weighted by Gasteiger charge is 2.20. The zero-order chi connectivity index (χ0) is 25.5. The van der Waals surface area contributed by atoms with Crippen LogP contribution >= 0.6 is 0 Å². The van der Waals surface area contributed by atoms with Gasteiger partial charge in [-0.25, -0.2) is 22.6 Å². The fourth-order valence-corrected chi connectivity index (χ4v) is 4.37. The van der Waals surface area contributed by atoms with Crippen LogP contribution in [0.2, 0.25) is 0 Å². The average molecular weight is 505 g/mol. The Morgan fingerprint density at radius 3 is 2.22 bits per heavy atom. The molecule has 0 spiro atoms.